The van der Waals surface area contributed by atoms with Gasteiger partial charge in [0.15, 0.2) is 0 Å². The van der Waals surface area contributed by atoms with Crippen LogP contribution in [0.1, 0.15) is 30.8 Å². The van der Waals surface area contributed by atoms with E-state index in [0.717, 1.165) is 0 Å². The molecule has 0 aromatic carbocycles. The highest BCUT2D eigenvalue weighted by Gasteiger charge is 2.33. The summed E-state index contributed by atoms with van der Waals surface area (Å²) in [6.45, 7) is 5.58. The van der Waals surface area contributed by atoms with E-state index in [9.17, 15) is 9.59 Å². The number of nitrogens with two attached hydrogens (primary N) is 1. The number of nitrogen functional groups attached to an aromatic ring is 1. The summed E-state index contributed by atoms with van der Waals surface area (Å²) in [6, 6.07) is 1.29. The molecule has 0 radical (unpaired) electrons. The molecule has 1 atom stereocenters. The van der Waals surface area contributed by atoms with Crippen LogP contribution in [0.25, 0.3) is 0 Å². The fraction of sp³-hybridized carbons (Fsp3) is 0.538. The van der Waals surface area contributed by atoms with Gasteiger partial charge < -0.3 is 20.5 Å². The lowest BCUT2D eigenvalue weighted by atomic mass is 10.1. The summed E-state index contributed by atoms with van der Waals surface area (Å²) in [5.41, 5.74) is 6.86. The molecule has 6 nitrogen and oxygen atoms in total. The van der Waals surface area contributed by atoms with Gasteiger partial charge in [0.25, 0.3) is 5.91 Å². The zero-order chi connectivity index (χ0) is 14.0. The van der Waals surface area contributed by atoms with Crippen LogP contribution in [0.5, 0.6) is 0 Å². The molecule has 0 saturated carbocycles. The van der Waals surface area contributed by atoms with Crippen LogP contribution in [-0.2, 0) is 11.3 Å². The van der Waals surface area contributed by atoms with Gasteiger partial charge in [0.05, 0.1) is 5.69 Å². The maximum absolute atomic E-state index is 12.6. The lowest BCUT2D eigenvalue weighted by molar-refractivity contribution is -0.127. The van der Waals surface area contributed by atoms with E-state index in [2.05, 4.69) is 5.32 Å². The number of aryl methyl sites for hydroxylation is 1. The minimum atomic E-state index is -0.386. The van der Waals surface area contributed by atoms with Crippen molar-refractivity contribution in [2.45, 2.75) is 32.9 Å². The quantitative estimate of drug-likeness (QED) is 0.831. The molecule has 0 aliphatic carbocycles. The number of hydrogen-bond donors (Lipinski definition) is 2. The molecule has 2 amide bonds. The Morgan fingerprint density at radius 1 is 1.53 bits per heavy atom. The summed E-state index contributed by atoms with van der Waals surface area (Å²) in [7, 11) is 0. The molecule has 0 spiro atoms. The Morgan fingerprint density at radius 3 is 2.89 bits per heavy atom. The first-order valence-electron chi connectivity index (χ1n) is 6.62. The number of anilines is 1. The Hall–Kier alpha value is -1.98. The Morgan fingerprint density at radius 2 is 2.26 bits per heavy atom. The van der Waals surface area contributed by atoms with Crippen molar-refractivity contribution in [2.75, 3.05) is 18.8 Å². The van der Waals surface area contributed by atoms with E-state index in [-0.39, 0.29) is 17.9 Å². The number of carbonyl (C=O) groups excluding carboxylic acids is 2. The normalized spacial score (nSPS) is 19.4. The zero-order valence-electron chi connectivity index (χ0n) is 11.3. The second kappa shape index (κ2) is 5.34. The van der Waals surface area contributed by atoms with Gasteiger partial charge in [0.1, 0.15) is 11.7 Å². The predicted molar refractivity (Wildman–Crippen MR) is 72.6 cm³/mol. The maximum Gasteiger partial charge on any atom is 0.271 e. The standard InChI is InChI=1S/C13H20N4O2/c1-3-10-12(18)15-5-6-17(10)13(19)11-7-9(14)8-16(11)4-2/h7-8,10H,3-6,14H2,1-2H3,(H,15,18). The van der Waals surface area contributed by atoms with E-state index >= 15 is 0 Å². The first-order chi connectivity index (χ1) is 9.08. The number of aromatic nitrogens is 1. The van der Waals surface area contributed by atoms with Gasteiger partial charge in [-0.3, -0.25) is 9.59 Å². The molecule has 104 valence electrons. The molecule has 2 heterocycles. The SMILES string of the molecule is CCC1C(=O)NCCN1C(=O)c1cc(N)cn1CC. The van der Waals surface area contributed by atoms with Gasteiger partial charge in [-0.1, -0.05) is 6.92 Å². The average Bonchev–Trinajstić information content (AvgIpc) is 2.78. The van der Waals surface area contributed by atoms with Crippen LogP contribution in [-0.4, -0.2) is 40.4 Å². The summed E-state index contributed by atoms with van der Waals surface area (Å²) in [5, 5.41) is 2.79. The van der Waals surface area contributed by atoms with Crippen LogP contribution in [0.15, 0.2) is 12.3 Å². The Labute approximate surface area is 112 Å². The Bertz CT molecular complexity index is 495. The van der Waals surface area contributed by atoms with E-state index in [0.29, 0.717) is 37.4 Å². The summed E-state index contributed by atoms with van der Waals surface area (Å²) < 4.78 is 1.82. The summed E-state index contributed by atoms with van der Waals surface area (Å²) in [4.78, 5) is 26.0. The van der Waals surface area contributed by atoms with Crippen molar-refractivity contribution in [2.24, 2.45) is 0 Å². The molecule has 1 aromatic rings. The van der Waals surface area contributed by atoms with Gasteiger partial charge in [0.2, 0.25) is 5.91 Å². The second-order valence-corrected chi connectivity index (χ2v) is 4.66. The number of carbonyl (C=O) groups is 2. The van der Waals surface area contributed by atoms with E-state index < -0.39 is 0 Å². The van der Waals surface area contributed by atoms with Crippen molar-refractivity contribution in [1.29, 1.82) is 0 Å². The first-order valence-corrected chi connectivity index (χ1v) is 6.62. The molecular formula is C13H20N4O2. The summed E-state index contributed by atoms with van der Waals surface area (Å²) in [6.07, 6.45) is 2.36. The minimum absolute atomic E-state index is 0.0790. The second-order valence-electron chi connectivity index (χ2n) is 4.66. The van der Waals surface area contributed by atoms with Crippen LogP contribution in [0, 0.1) is 0 Å². The molecule has 19 heavy (non-hydrogen) atoms. The molecule has 1 unspecified atom stereocenters. The molecular weight excluding hydrogens is 244 g/mol. The first kappa shape index (κ1) is 13.5. The van der Waals surface area contributed by atoms with Crippen LogP contribution >= 0.6 is 0 Å². The van der Waals surface area contributed by atoms with Gasteiger partial charge in [-0.15, -0.1) is 0 Å². The predicted octanol–water partition coefficient (Wildman–Crippen LogP) is 0.441. The lowest BCUT2D eigenvalue weighted by Crippen LogP contribution is -2.57. The molecule has 1 aliphatic heterocycles. The Balaban J connectivity index is 2.29. The molecule has 1 aromatic heterocycles. The summed E-state index contributed by atoms with van der Waals surface area (Å²) in [5.74, 6) is -0.204. The molecule has 2 rings (SSSR count). The molecule has 1 saturated heterocycles. The molecule has 3 N–H and O–H groups in total. The average molecular weight is 264 g/mol. The van der Waals surface area contributed by atoms with Gasteiger partial charge in [0, 0.05) is 25.8 Å². The maximum atomic E-state index is 12.6. The zero-order valence-corrected chi connectivity index (χ0v) is 11.3. The van der Waals surface area contributed by atoms with E-state index in [1.54, 1.807) is 17.2 Å². The topological polar surface area (TPSA) is 80.4 Å². The van der Waals surface area contributed by atoms with Crippen molar-refractivity contribution in [3.63, 3.8) is 0 Å². The number of nitrogens with one attached hydrogen (secondary N) is 1. The van der Waals surface area contributed by atoms with Gasteiger partial charge in [-0.2, -0.15) is 0 Å². The minimum Gasteiger partial charge on any atom is -0.397 e. The Kier molecular flexibility index (Phi) is 3.78. The van der Waals surface area contributed by atoms with Crippen molar-refractivity contribution in [1.82, 2.24) is 14.8 Å². The lowest BCUT2D eigenvalue weighted by Gasteiger charge is -2.34. The van der Waals surface area contributed by atoms with Crippen LogP contribution in [0.3, 0.4) is 0 Å². The van der Waals surface area contributed by atoms with Gasteiger partial charge >= 0.3 is 0 Å². The van der Waals surface area contributed by atoms with Crippen molar-refractivity contribution in [3.8, 4) is 0 Å². The highest BCUT2D eigenvalue weighted by atomic mass is 16.2. The summed E-state index contributed by atoms with van der Waals surface area (Å²) >= 11 is 0. The van der Waals surface area contributed by atoms with Gasteiger partial charge in [-0.25, -0.2) is 0 Å². The van der Waals surface area contributed by atoms with E-state index in [1.807, 2.05) is 18.4 Å². The largest absolute Gasteiger partial charge is 0.397 e. The molecule has 1 aliphatic rings. The van der Waals surface area contributed by atoms with Gasteiger partial charge in [-0.05, 0) is 19.4 Å². The fourth-order valence-corrected chi connectivity index (χ4v) is 2.48. The van der Waals surface area contributed by atoms with E-state index in [1.165, 1.54) is 0 Å². The van der Waals surface area contributed by atoms with Crippen molar-refractivity contribution >= 4 is 17.5 Å². The van der Waals surface area contributed by atoms with Crippen LogP contribution in [0.2, 0.25) is 0 Å². The third-order valence-corrected chi connectivity index (χ3v) is 3.46. The number of hydrogen-bond acceptors (Lipinski definition) is 3. The van der Waals surface area contributed by atoms with E-state index in [4.69, 9.17) is 5.73 Å². The van der Waals surface area contributed by atoms with Crippen LogP contribution in [0.4, 0.5) is 5.69 Å². The van der Waals surface area contributed by atoms with Crippen LogP contribution < -0.4 is 11.1 Å². The number of piperazine rings is 1. The number of rotatable bonds is 3. The smallest absolute Gasteiger partial charge is 0.271 e. The molecule has 0 bridgehead atoms. The fourth-order valence-electron chi connectivity index (χ4n) is 2.48. The number of amides is 2. The highest BCUT2D eigenvalue weighted by molar-refractivity contribution is 5.97. The monoisotopic (exact) mass is 264 g/mol. The van der Waals surface area contributed by atoms with Crippen molar-refractivity contribution < 1.29 is 9.59 Å². The third kappa shape index (κ3) is 2.43. The molecule has 1 fully saturated rings. The molecule has 6 heteroatoms. The number of nitrogens with zero attached hydrogens (tertiary/aromatic N) is 2. The van der Waals surface area contributed by atoms with Crippen molar-refractivity contribution in [3.05, 3.63) is 18.0 Å². The highest BCUT2D eigenvalue weighted by Crippen LogP contribution is 2.17. The third-order valence-electron chi connectivity index (χ3n) is 3.46.